The molecule has 1 spiro atoms. The van der Waals surface area contributed by atoms with Gasteiger partial charge in [-0.1, -0.05) is 12.1 Å². The Hall–Kier alpha value is -1.95. The molecule has 2 aromatic rings. The van der Waals surface area contributed by atoms with Crippen LogP contribution in [0.4, 0.5) is 4.39 Å². The molecule has 1 saturated heterocycles. The second kappa shape index (κ2) is 5.53. The van der Waals surface area contributed by atoms with Gasteiger partial charge in [0, 0.05) is 36.9 Å². The first-order valence-corrected chi connectivity index (χ1v) is 9.86. The fourth-order valence-corrected chi connectivity index (χ4v) is 5.65. The van der Waals surface area contributed by atoms with Gasteiger partial charge in [0.1, 0.15) is 5.52 Å². The maximum atomic E-state index is 14.8. The van der Waals surface area contributed by atoms with Crippen LogP contribution < -0.4 is 0 Å². The second-order valence-electron chi connectivity index (χ2n) is 9.52. The van der Waals surface area contributed by atoms with Gasteiger partial charge >= 0.3 is 0 Å². The molecule has 144 valence electrons. The van der Waals surface area contributed by atoms with Crippen LogP contribution in [-0.4, -0.2) is 44.4 Å². The molecule has 1 aliphatic heterocycles. The van der Waals surface area contributed by atoms with Crippen molar-refractivity contribution in [2.45, 2.75) is 44.6 Å². The predicted octanol–water partition coefficient (Wildman–Crippen LogP) is 2.65. The van der Waals surface area contributed by atoms with Crippen LogP contribution in [0.5, 0.6) is 0 Å². The van der Waals surface area contributed by atoms with Gasteiger partial charge in [0.25, 0.3) is 0 Å². The Labute approximate surface area is 158 Å². The topological polar surface area (TPSA) is 58.4 Å². The first-order chi connectivity index (χ1) is 12.8. The quantitative estimate of drug-likeness (QED) is 0.902. The molecule has 6 heteroatoms. The Balaban J connectivity index is 1.16. The lowest BCUT2D eigenvalue weighted by Crippen LogP contribution is -2.66. The van der Waals surface area contributed by atoms with Crippen LogP contribution in [0.25, 0.3) is 10.9 Å². The van der Waals surface area contributed by atoms with Crippen LogP contribution in [0.1, 0.15) is 38.2 Å². The van der Waals surface area contributed by atoms with E-state index in [2.05, 4.69) is 5.10 Å². The minimum Gasteiger partial charge on any atom is -0.390 e. The van der Waals surface area contributed by atoms with Gasteiger partial charge in [-0.3, -0.25) is 9.48 Å². The second-order valence-corrected chi connectivity index (χ2v) is 9.52. The first-order valence-electron chi connectivity index (χ1n) is 9.86. The lowest BCUT2D eigenvalue weighted by atomic mass is 9.56. The zero-order valence-electron chi connectivity index (χ0n) is 15.9. The summed E-state index contributed by atoms with van der Waals surface area (Å²) in [5, 5.41) is 14.8. The van der Waals surface area contributed by atoms with E-state index in [4.69, 9.17) is 0 Å². The molecule has 3 fully saturated rings. The summed E-state index contributed by atoms with van der Waals surface area (Å²) < 4.78 is 16.4. The summed E-state index contributed by atoms with van der Waals surface area (Å²) in [4.78, 5) is 14.4. The summed E-state index contributed by atoms with van der Waals surface area (Å²) in [7, 11) is 1.77. The summed E-state index contributed by atoms with van der Waals surface area (Å²) >= 11 is 0. The smallest absolute Gasteiger partial charge is 0.225 e. The van der Waals surface area contributed by atoms with Gasteiger partial charge in [-0.25, -0.2) is 4.39 Å². The van der Waals surface area contributed by atoms with Gasteiger partial charge in [-0.05, 0) is 50.5 Å². The van der Waals surface area contributed by atoms with Crippen LogP contribution in [0.2, 0.25) is 0 Å². The average Bonchev–Trinajstić information content (AvgIpc) is 2.89. The van der Waals surface area contributed by atoms with Crippen molar-refractivity contribution in [1.82, 2.24) is 14.7 Å². The fraction of sp³-hybridized carbons (Fsp3) is 0.619. The molecule has 2 heterocycles. The summed E-state index contributed by atoms with van der Waals surface area (Å²) in [6.07, 6.45) is 5.78. The Kier molecular flexibility index (Phi) is 3.52. The van der Waals surface area contributed by atoms with Crippen molar-refractivity contribution in [1.29, 1.82) is 0 Å². The minimum atomic E-state index is -0.649. The number of aromatic nitrogens is 2. The number of rotatable bonds is 3. The van der Waals surface area contributed by atoms with Crippen LogP contribution in [0.3, 0.4) is 0 Å². The number of carbonyl (C=O) groups excluding carboxylic acids is 1. The normalized spacial score (nSPS) is 29.5. The van der Waals surface area contributed by atoms with Crippen LogP contribution in [-0.2, 0) is 18.3 Å². The van der Waals surface area contributed by atoms with Gasteiger partial charge < -0.3 is 10.0 Å². The molecule has 1 aromatic carbocycles. The zero-order valence-corrected chi connectivity index (χ0v) is 15.9. The minimum absolute atomic E-state index is 0.00735. The van der Waals surface area contributed by atoms with Gasteiger partial charge in [-0.15, -0.1) is 0 Å². The number of hydrogen-bond donors (Lipinski definition) is 1. The number of nitrogens with zero attached hydrogens (tertiary/aromatic N) is 3. The lowest BCUT2D eigenvalue weighted by Gasteiger charge is -2.60. The number of aryl methyl sites for hydroxylation is 1. The van der Waals surface area contributed by atoms with Crippen LogP contribution in [0, 0.1) is 23.1 Å². The number of benzene rings is 1. The lowest BCUT2D eigenvalue weighted by molar-refractivity contribution is -0.171. The molecular weight excluding hydrogens is 345 g/mol. The van der Waals surface area contributed by atoms with Gasteiger partial charge in [-0.2, -0.15) is 5.10 Å². The highest BCUT2D eigenvalue weighted by atomic mass is 19.1. The number of halogens is 1. The van der Waals surface area contributed by atoms with Gasteiger partial charge in [0.15, 0.2) is 5.82 Å². The Bertz CT molecular complexity index is 913. The van der Waals surface area contributed by atoms with Crippen molar-refractivity contribution in [3.63, 3.8) is 0 Å². The summed E-state index contributed by atoms with van der Waals surface area (Å²) in [6, 6.07) is 3.84. The van der Waals surface area contributed by atoms with E-state index in [1.807, 2.05) is 17.0 Å². The van der Waals surface area contributed by atoms with E-state index in [1.54, 1.807) is 24.9 Å². The Morgan fingerprint density at radius 1 is 1.30 bits per heavy atom. The molecular formula is C21H26FN3O2. The third-order valence-electron chi connectivity index (χ3n) is 6.96. The fourth-order valence-electron chi connectivity index (χ4n) is 5.65. The number of carbonyl (C=O) groups is 1. The Morgan fingerprint density at radius 3 is 2.67 bits per heavy atom. The van der Waals surface area contributed by atoms with Crippen molar-refractivity contribution >= 4 is 16.8 Å². The van der Waals surface area contributed by atoms with Crippen molar-refractivity contribution < 1.29 is 14.3 Å². The van der Waals surface area contributed by atoms with E-state index < -0.39 is 5.60 Å². The third-order valence-corrected chi connectivity index (χ3v) is 6.96. The van der Waals surface area contributed by atoms with Crippen molar-refractivity contribution in [3.8, 4) is 0 Å². The summed E-state index contributed by atoms with van der Waals surface area (Å²) in [5.74, 6) is 0.569. The van der Waals surface area contributed by atoms with E-state index in [1.165, 1.54) is 0 Å². The van der Waals surface area contributed by atoms with E-state index in [0.29, 0.717) is 24.3 Å². The molecule has 1 N–H and O–H groups in total. The molecule has 1 aromatic heterocycles. The van der Waals surface area contributed by atoms with Crippen LogP contribution in [0.15, 0.2) is 18.3 Å². The SMILES string of the molecule is Cn1ncc2ccc(CC3CC4(C3)CN(C(=O)[C@H]3C[C@@](C)(O)C3)C4)c(F)c21. The van der Waals surface area contributed by atoms with Crippen molar-refractivity contribution in [3.05, 3.63) is 29.7 Å². The molecule has 0 unspecified atom stereocenters. The molecule has 0 radical (unpaired) electrons. The maximum absolute atomic E-state index is 14.8. The largest absolute Gasteiger partial charge is 0.390 e. The number of fused-ring (bicyclic) bond motifs is 1. The first kappa shape index (κ1) is 17.2. The molecule has 2 aliphatic carbocycles. The highest BCUT2D eigenvalue weighted by Gasteiger charge is 2.55. The molecule has 27 heavy (non-hydrogen) atoms. The molecule has 0 bridgehead atoms. The Morgan fingerprint density at radius 2 is 2.00 bits per heavy atom. The maximum Gasteiger partial charge on any atom is 0.225 e. The van der Waals surface area contributed by atoms with Crippen molar-refractivity contribution in [2.24, 2.45) is 24.3 Å². The molecule has 0 atom stereocenters. The number of likely N-dealkylation sites (tertiary alicyclic amines) is 1. The van der Waals surface area contributed by atoms with E-state index in [-0.39, 0.29) is 23.1 Å². The average molecular weight is 371 g/mol. The summed E-state index contributed by atoms with van der Waals surface area (Å²) in [6.45, 7) is 3.47. The zero-order chi connectivity index (χ0) is 19.0. The number of hydrogen-bond acceptors (Lipinski definition) is 3. The standard InChI is InChI=1S/C21H26FN3O2/c1-20(27)8-16(9-20)19(26)25-11-21(12-25)6-13(7-21)5-14-3-4-15-10-23-24(2)18(15)17(14)22/h3-4,10,13,16,27H,5-9,11-12H2,1-2H3/t16-,20+. The highest BCUT2D eigenvalue weighted by molar-refractivity contribution is 5.81. The molecule has 3 aliphatic rings. The third kappa shape index (κ3) is 2.68. The predicted molar refractivity (Wildman–Crippen MR) is 99.5 cm³/mol. The van der Waals surface area contributed by atoms with E-state index in [9.17, 15) is 14.3 Å². The van der Waals surface area contributed by atoms with E-state index in [0.717, 1.165) is 43.3 Å². The van der Waals surface area contributed by atoms with Crippen LogP contribution >= 0.6 is 0 Å². The van der Waals surface area contributed by atoms with Gasteiger partial charge in [0.05, 0.1) is 11.8 Å². The highest BCUT2D eigenvalue weighted by Crippen LogP contribution is 2.54. The number of amides is 1. The van der Waals surface area contributed by atoms with Crippen molar-refractivity contribution in [2.75, 3.05) is 13.1 Å². The molecule has 5 rings (SSSR count). The van der Waals surface area contributed by atoms with E-state index >= 15 is 0 Å². The molecule has 5 nitrogen and oxygen atoms in total. The van der Waals surface area contributed by atoms with Gasteiger partial charge in [0.2, 0.25) is 5.91 Å². The molecule has 2 saturated carbocycles. The summed E-state index contributed by atoms with van der Waals surface area (Å²) in [5.41, 5.74) is 0.969. The molecule has 1 amide bonds. The number of aliphatic hydroxyl groups is 1. The monoisotopic (exact) mass is 371 g/mol.